The highest BCUT2D eigenvalue weighted by Crippen LogP contribution is 2.25. The molecule has 6 nitrogen and oxygen atoms in total. The van der Waals surface area contributed by atoms with Gasteiger partial charge in [0.2, 0.25) is 0 Å². The second-order valence-electron chi connectivity index (χ2n) is 6.20. The van der Waals surface area contributed by atoms with Crippen molar-refractivity contribution in [2.45, 2.75) is 0 Å². The Morgan fingerprint density at radius 1 is 0.828 bits per heavy atom. The van der Waals surface area contributed by atoms with Crippen LogP contribution < -0.4 is 10.9 Å². The number of amides is 2. The highest BCUT2D eigenvalue weighted by molar-refractivity contribution is 6.08. The Morgan fingerprint density at radius 3 is 2.31 bits per heavy atom. The van der Waals surface area contributed by atoms with E-state index in [9.17, 15) is 14.0 Å². The first kappa shape index (κ1) is 18.2. The zero-order valence-electron chi connectivity index (χ0n) is 15.1. The van der Waals surface area contributed by atoms with Crippen molar-refractivity contribution in [2.24, 2.45) is 0 Å². The molecular formula is C22H15FN4O2. The van der Waals surface area contributed by atoms with E-state index in [2.05, 4.69) is 20.8 Å². The first-order valence-corrected chi connectivity index (χ1v) is 8.79. The van der Waals surface area contributed by atoms with E-state index in [4.69, 9.17) is 0 Å². The topological polar surface area (TPSA) is 84.0 Å². The highest BCUT2D eigenvalue weighted by atomic mass is 19.1. The number of benzene rings is 2. The summed E-state index contributed by atoms with van der Waals surface area (Å²) in [6.07, 6.45) is 1.49. The number of hydrogen-bond acceptors (Lipinski definition) is 4. The zero-order chi connectivity index (χ0) is 20.2. The third-order valence-electron chi connectivity index (χ3n) is 4.29. The lowest BCUT2D eigenvalue weighted by Gasteiger charge is -2.11. The van der Waals surface area contributed by atoms with Crippen LogP contribution >= 0.6 is 0 Å². The normalized spacial score (nSPS) is 10.5. The smallest absolute Gasteiger partial charge is 0.267 e. The van der Waals surface area contributed by atoms with Crippen molar-refractivity contribution in [3.8, 4) is 11.3 Å². The van der Waals surface area contributed by atoms with E-state index in [1.165, 1.54) is 24.4 Å². The predicted octanol–water partition coefficient (Wildman–Crippen LogP) is 3.51. The number of nitrogens with one attached hydrogen (secondary N) is 2. The number of carbonyl (C=O) groups excluding carboxylic acids is 2. The maximum atomic E-state index is 13.2. The number of halogens is 1. The van der Waals surface area contributed by atoms with Crippen LogP contribution in [0.3, 0.4) is 0 Å². The molecule has 0 spiro atoms. The molecule has 0 saturated heterocycles. The van der Waals surface area contributed by atoms with Crippen LogP contribution in [0.25, 0.3) is 22.2 Å². The van der Waals surface area contributed by atoms with Crippen LogP contribution in [0.1, 0.15) is 20.8 Å². The lowest BCUT2D eigenvalue weighted by Crippen LogP contribution is -2.42. The van der Waals surface area contributed by atoms with Gasteiger partial charge >= 0.3 is 0 Å². The van der Waals surface area contributed by atoms with E-state index in [1.54, 1.807) is 48.5 Å². The van der Waals surface area contributed by atoms with Gasteiger partial charge in [0.15, 0.2) is 0 Å². The van der Waals surface area contributed by atoms with Crippen molar-refractivity contribution in [1.82, 2.24) is 20.8 Å². The van der Waals surface area contributed by atoms with Crippen molar-refractivity contribution < 1.29 is 14.0 Å². The van der Waals surface area contributed by atoms with Crippen molar-refractivity contribution in [1.29, 1.82) is 0 Å². The predicted molar refractivity (Wildman–Crippen MR) is 106 cm³/mol. The Kier molecular flexibility index (Phi) is 4.94. The minimum Gasteiger partial charge on any atom is -0.267 e. The number of fused-ring (bicyclic) bond motifs is 1. The molecular weight excluding hydrogens is 371 g/mol. The number of pyridine rings is 2. The Balaban J connectivity index is 1.65. The molecule has 0 saturated carbocycles. The van der Waals surface area contributed by atoms with Crippen molar-refractivity contribution in [2.75, 3.05) is 0 Å². The van der Waals surface area contributed by atoms with Crippen LogP contribution in [0.5, 0.6) is 0 Å². The molecule has 2 aromatic carbocycles. The monoisotopic (exact) mass is 386 g/mol. The molecule has 142 valence electrons. The molecule has 7 heteroatoms. The number of carbonyl (C=O) groups is 2. The Labute approximate surface area is 165 Å². The molecule has 4 rings (SSSR count). The summed E-state index contributed by atoms with van der Waals surface area (Å²) in [4.78, 5) is 33.4. The summed E-state index contributed by atoms with van der Waals surface area (Å²) in [6, 6.07) is 19.5. The molecule has 2 aromatic heterocycles. The van der Waals surface area contributed by atoms with Gasteiger partial charge in [-0.25, -0.2) is 9.37 Å². The number of aromatic nitrogens is 2. The fourth-order valence-electron chi connectivity index (χ4n) is 2.87. The second kappa shape index (κ2) is 7.85. The molecule has 0 unspecified atom stereocenters. The summed E-state index contributed by atoms with van der Waals surface area (Å²) < 4.78 is 13.2. The zero-order valence-corrected chi connectivity index (χ0v) is 15.1. The lowest BCUT2D eigenvalue weighted by atomic mass is 10.0. The van der Waals surface area contributed by atoms with Gasteiger partial charge in [-0.2, -0.15) is 0 Å². The molecule has 0 aliphatic heterocycles. The number of para-hydroxylation sites is 1. The van der Waals surface area contributed by atoms with Crippen molar-refractivity contribution in [3.05, 3.63) is 96.1 Å². The standard InChI is InChI=1S/C22H15FN4O2/c23-15-10-8-14(9-11-15)20-13-17(16-5-1-2-6-18(16)25-20)21(28)26-27-22(29)19-7-3-4-12-24-19/h1-13H,(H,26,28)(H,27,29). The van der Waals surface area contributed by atoms with Crippen LogP contribution in [0, 0.1) is 5.82 Å². The molecule has 0 aliphatic carbocycles. The summed E-state index contributed by atoms with van der Waals surface area (Å²) in [5, 5.41) is 0.628. The number of nitrogens with zero attached hydrogens (tertiary/aromatic N) is 2. The Bertz CT molecular complexity index is 1190. The maximum absolute atomic E-state index is 13.2. The fraction of sp³-hybridized carbons (Fsp3) is 0. The van der Waals surface area contributed by atoms with E-state index in [0.29, 0.717) is 27.7 Å². The molecule has 0 atom stereocenters. The number of hydrazine groups is 1. The van der Waals surface area contributed by atoms with Gasteiger partial charge in [-0.3, -0.25) is 25.4 Å². The van der Waals surface area contributed by atoms with Crippen LogP contribution in [0.4, 0.5) is 4.39 Å². The number of rotatable bonds is 3. The van der Waals surface area contributed by atoms with Crippen molar-refractivity contribution >= 4 is 22.7 Å². The van der Waals surface area contributed by atoms with E-state index < -0.39 is 11.8 Å². The van der Waals surface area contributed by atoms with Gasteiger partial charge in [0.25, 0.3) is 11.8 Å². The van der Waals surface area contributed by atoms with Gasteiger partial charge in [-0.05, 0) is 48.5 Å². The largest absolute Gasteiger partial charge is 0.288 e. The van der Waals surface area contributed by atoms with Gasteiger partial charge in [0.1, 0.15) is 11.5 Å². The molecule has 4 aromatic rings. The Morgan fingerprint density at radius 2 is 1.55 bits per heavy atom. The van der Waals surface area contributed by atoms with E-state index >= 15 is 0 Å². The minimum atomic E-state index is -0.531. The van der Waals surface area contributed by atoms with Crippen LogP contribution in [0.2, 0.25) is 0 Å². The molecule has 2 amide bonds. The first-order valence-electron chi connectivity index (χ1n) is 8.79. The van der Waals surface area contributed by atoms with Gasteiger partial charge in [-0.15, -0.1) is 0 Å². The van der Waals surface area contributed by atoms with Crippen molar-refractivity contribution in [3.63, 3.8) is 0 Å². The van der Waals surface area contributed by atoms with Gasteiger partial charge in [-0.1, -0.05) is 24.3 Å². The highest BCUT2D eigenvalue weighted by Gasteiger charge is 2.15. The average molecular weight is 386 g/mol. The molecule has 0 fully saturated rings. The molecule has 2 heterocycles. The molecule has 0 radical (unpaired) electrons. The third kappa shape index (κ3) is 3.93. The van der Waals surface area contributed by atoms with Crippen LogP contribution in [-0.4, -0.2) is 21.8 Å². The Hall–Kier alpha value is -4.13. The third-order valence-corrected chi connectivity index (χ3v) is 4.29. The summed E-state index contributed by atoms with van der Waals surface area (Å²) in [5.41, 5.74) is 7.07. The van der Waals surface area contributed by atoms with Crippen LogP contribution in [-0.2, 0) is 0 Å². The lowest BCUT2D eigenvalue weighted by molar-refractivity contribution is 0.0845. The van der Waals surface area contributed by atoms with E-state index in [-0.39, 0.29) is 11.5 Å². The maximum Gasteiger partial charge on any atom is 0.288 e. The molecule has 29 heavy (non-hydrogen) atoms. The average Bonchev–Trinajstić information content (AvgIpc) is 2.77. The summed E-state index contributed by atoms with van der Waals surface area (Å²) in [7, 11) is 0. The summed E-state index contributed by atoms with van der Waals surface area (Å²) >= 11 is 0. The van der Waals surface area contributed by atoms with Crippen LogP contribution in [0.15, 0.2) is 79.0 Å². The minimum absolute atomic E-state index is 0.180. The quantitative estimate of drug-likeness (QED) is 0.528. The van der Waals surface area contributed by atoms with E-state index in [1.807, 2.05) is 6.07 Å². The summed E-state index contributed by atoms with van der Waals surface area (Å²) in [6.45, 7) is 0. The number of hydrogen-bond donors (Lipinski definition) is 2. The first-order chi connectivity index (χ1) is 14.1. The van der Waals surface area contributed by atoms with Gasteiger partial charge in [0.05, 0.1) is 16.8 Å². The molecule has 0 bridgehead atoms. The summed E-state index contributed by atoms with van der Waals surface area (Å²) in [5.74, 6) is -1.39. The van der Waals surface area contributed by atoms with E-state index in [0.717, 1.165) is 0 Å². The van der Waals surface area contributed by atoms with Gasteiger partial charge < -0.3 is 0 Å². The SMILES string of the molecule is O=C(NNC(=O)c1cc(-c2ccc(F)cc2)nc2ccccc12)c1ccccn1. The molecule has 2 N–H and O–H groups in total. The fourth-order valence-corrected chi connectivity index (χ4v) is 2.87. The second-order valence-corrected chi connectivity index (χ2v) is 6.20. The molecule has 0 aliphatic rings. The van der Waals surface area contributed by atoms with Gasteiger partial charge in [0, 0.05) is 17.1 Å².